The fourth-order valence-corrected chi connectivity index (χ4v) is 4.58. The Morgan fingerprint density at radius 1 is 0.925 bits per heavy atom. The summed E-state index contributed by atoms with van der Waals surface area (Å²) < 4.78 is 0. The minimum absolute atomic E-state index is 0.0267. The van der Waals surface area contributed by atoms with Crippen molar-refractivity contribution in [3.8, 4) is 11.3 Å². The van der Waals surface area contributed by atoms with E-state index in [1.54, 1.807) is 37.8 Å². The summed E-state index contributed by atoms with van der Waals surface area (Å²) in [6.45, 7) is 3.16. The number of pyridine rings is 1. The molecular weight excluding hydrogens is 504 g/mol. The van der Waals surface area contributed by atoms with Crippen LogP contribution in [-0.2, 0) is 4.79 Å². The summed E-state index contributed by atoms with van der Waals surface area (Å²) >= 11 is 0. The lowest BCUT2D eigenvalue weighted by Crippen LogP contribution is -2.48. The molecule has 1 aliphatic rings. The summed E-state index contributed by atoms with van der Waals surface area (Å²) in [7, 11) is 3.51. The van der Waals surface area contributed by atoms with Crippen LogP contribution in [0, 0.1) is 0 Å². The molecule has 2 aromatic carbocycles. The van der Waals surface area contributed by atoms with E-state index >= 15 is 0 Å². The first-order valence-corrected chi connectivity index (χ1v) is 13.2. The molecule has 0 bridgehead atoms. The molecule has 0 aliphatic carbocycles. The highest BCUT2D eigenvalue weighted by Crippen LogP contribution is 2.24. The molecule has 0 radical (unpaired) electrons. The van der Waals surface area contributed by atoms with Crippen molar-refractivity contribution < 1.29 is 9.59 Å². The Morgan fingerprint density at radius 2 is 1.68 bits per heavy atom. The van der Waals surface area contributed by atoms with Crippen LogP contribution >= 0.6 is 0 Å². The SMILES string of the molecule is CNC(=O)CN(C)c1ccc(-c2ccnc(Nc3ccc(N4CCN(C(=O)c5cccnc5)CC4)cc3)n2)cc1. The summed E-state index contributed by atoms with van der Waals surface area (Å²) in [4.78, 5) is 43.5. The zero-order chi connectivity index (χ0) is 27.9. The molecule has 3 heterocycles. The smallest absolute Gasteiger partial charge is 0.255 e. The molecule has 10 nitrogen and oxygen atoms in total. The van der Waals surface area contributed by atoms with Crippen LogP contribution in [0.1, 0.15) is 10.4 Å². The number of hydrogen-bond donors (Lipinski definition) is 2. The molecule has 2 amide bonds. The highest BCUT2D eigenvalue weighted by Gasteiger charge is 2.22. The van der Waals surface area contributed by atoms with Gasteiger partial charge < -0.3 is 25.3 Å². The van der Waals surface area contributed by atoms with Crippen LogP contribution in [0.5, 0.6) is 0 Å². The molecule has 1 fully saturated rings. The second-order valence-electron chi connectivity index (χ2n) is 9.53. The molecule has 4 aromatic rings. The molecule has 10 heteroatoms. The summed E-state index contributed by atoms with van der Waals surface area (Å²) in [6.07, 6.45) is 5.02. The van der Waals surface area contributed by atoms with Crippen LogP contribution in [0.3, 0.4) is 0 Å². The average Bonchev–Trinajstić information content (AvgIpc) is 3.02. The van der Waals surface area contributed by atoms with Crippen LogP contribution in [0.15, 0.2) is 85.3 Å². The Balaban J connectivity index is 1.17. The normalized spacial score (nSPS) is 13.1. The van der Waals surface area contributed by atoms with Gasteiger partial charge in [-0.15, -0.1) is 0 Å². The van der Waals surface area contributed by atoms with Gasteiger partial charge in [0.2, 0.25) is 11.9 Å². The quantitative estimate of drug-likeness (QED) is 0.353. The van der Waals surface area contributed by atoms with Crippen LogP contribution in [0.25, 0.3) is 11.3 Å². The van der Waals surface area contributed by atoms with Crippen molar-refractivity contribution in [3.05, 3.63) is 90.9 Å². The number of likely N-dealkylation sites (N-methyl/N-ethyl adjacent to an activating group) is 2. The molecule has 0 atom stereocenters. The lowest BCUT2D eigenvalue weighted by Gasteiger charge is -2.36. The summed E-state index contributed by atoms with van der Waals surface area (Å²) in [5, 5.41) is 5.93. The molecule has 5 rings (SSSR count). The number of aromatic nitrogens is 3. The number of amides is 2. The van der Waals surface area contributed by atoms with Crippen LogP contribution < -0.4 is 20.4 Å². The number of carbonyl (C=O) groups is 2. The van der Waals surface area contributed by atoms with E-state index in [0.717, 1.165) is 41.4 Å². The molecule has 0 spiro atoms. The van der Waals surface area contributed by atoms with E-state index in [9.17, 15) is 9.59 Å². The van der Waals surface area contributed by atoms with Gasteiger partial charge in [-0.25, -0.2) is 9.97 Å². The lowest BCUT2D eigenvalue weighted by atomic mass is 10.1. The highest BCUT2D eigenvalue weighted by molar-refractivity contribution is 5.94. The molecule has 2 N–H and O–H groups in total. The number of carbonyl (C=O) groups excluding carboxylic acids is 2. The highest BCUT2D eigenvalue weighted by atomic mass is 16.2. The first-order chi connectivity index (χ1) is 19.5. The van der Waals surface area contributed by atoms with Gasteiger partial charge in [-0.3, -0.25) is 14.6 Å². The molecular formula is C30H32N8O2. The van der Waals surface area contributed by atoms with Gasteiger partial charge in [0, 0.05) is 81.5 Å². The van der Waals surface area contributed by atoms with Gasteiger partial charge in [-0.05, 0) is 54.6 Å². The third kappa shape index (κ3) is 6.35. The van der Waals surface area contributed by atoms with Gasteiger partial charge in [-0.1, -0.05) is 12.1 Å². The third-order valence-electron chi connectivity index (χ3n) is 6.88. The van der Waals surface area contributed by atoms with Gasteiger partial charge >= 0.3 is 0 Å². The van der Waals surface area contributed by atoms with Crippen LogP contribution in [0.4, 0.5) is 23.0 Å². The fourth-order valence-electron chi connectivity index (χ4n) is 4.58. The summed E-state index contributed by atoms with van der Waals surface area (Å²) in [6, 6.07) is 21.5. The van der Waals surface area contributed by atoms with Crippen molar-refractivity contribution in [2.75, 3.05) is 61.9 Å². The summed E-state index contributed by atoms with van der Waals surface area (Å²) in [5.74, 6) is 0.495. The molecule has 1 aliphatic heterocycles. The van der Waals surface area contributed by atoms with E-state index in [-0.39, 0.29) is 18.4 Å². The van der Waals surface area contributed by atoms with Gasteiger partial charge in [0.1, 0.15) is 0 Å². The Labute approximate surface area is 233 Å². The second-order valence-corrected chi connectivity index (χ2v) is 9.53. The Morgan fingerprint density at radius 3 is 2.35 bits per heavy atom. The van der Waals surface area contributed by atoms with Crippen LogP contribution in [0.2, 0.25) is 0 Å². The predicted molar refractivity (Wildman–Crippen MR) is 157 cm³/mol. The number of anilines is 4. The van der Waals surface area contributed by atoms with Gasteiger partial charge in [0.05, 0.1) is 17.8 Å². The van der Waals surface area contributed by atoms with E-state index in [4.69, 9.17) is 0 Å². The fraction of sp³-hybridized carbons (Fsp3) is 0.233. The maximum atomic E-state index is 12.7. The Kier molecular flexibility index (Phi) is 8.15. The number of nitrogens with zero attached hydrogens (tertiary/aromatic N) is 6. The molecule has 40 heavy (non-hydrogen) atoms. The van der Waals surface area contributed by atoms with Crippen molar-refractivity contribution in [1.82, 2.24) is 25.2 Å². The number of benzene rings is 2. The van der Waals surface area contributed by atoms with E-state index < -0.39 is 0 Å². The molecule has 204 valence electrons. The summed E-state index contributed by atoms with van der Waals surface area (Å²) in [5.41, 5.74) is 5.32. The van der Waals surface area contributed by atoms with Crippen molar-refractivity contribution >= 4 is 34.8 Å². The largest absolute Gasteiger partial charge is 0.368 e. The van der Waals surface area contributed by atoms with Crippen LogP contribution in [-0.4, -0.2) is 78.5 Å². The molecule has 0 unspecified atom stereocenters. The first-order valence-electron chi connectivity index (χ1n) is 13.2. The number of rotatable bonds is 8. The maximum Gasteiger partial charge on any atom is 0.255 e. The minimum Gasteiger partial charge on any atom is -0.368 e. The second kappa shape index (κ2) is 12.2. The molecule has 1 saturated heterocycles. The monoisotopic (exact) mass is 536 g/mol. The molecule has 2 aromatic heterocycles. The van der Waals surface area contributed by atoms with E-state index in [2.05, 4.69) is 42.6 Å². The predicted octanol–water partition coefficient (Wildman–Crippen LogP) is 3.43. The maximum absolute atomic E-state index is 12.7. The standard InChI is InChI=1S/C30H32N8O2/c1-31-28(39)21-36(2)25-9-5-22(6-10-25)27-13-15-33-30(35-27)34-24-7-11-26(12-8-24)37-16-18-38(19-17-37)29(40)23-4-3-14-32-20-23/h3-15,20H,16-19,21H2,1-2H3,(H,31,39)(H,33,34,35). The van der Waals surface area contributed by atoms with E-state index in [0.29, 0.717) is 24.6 Å². The Hall–Kier alpha value is -4.99. The van der Waals surface area contributed by atoms with E-state index in [1.165, 1.54) is 0 Å². The lowest BCUT2D eigenvalue weighted by molar-refractivity contribution is -0.119. The van der Waals surface area contributed by atoms with Crippen molar-refractivity contribution in [1.29, 1.82) is 0 Å². The number of nitrogens with one attached hydrogen (secondary N) is 2. The Bertz CT molecular complexity index is 1440. The molecule has 0 saturated carbocycles. The van der Waals surface area contributed by atoms with Crippen molar-refractivity contribution in [2.24, 2.45) is 0 Å². The van der Waals surface area contributed by atoms with E-state index in [1.807, 2.05) is 59.3 Å². The average molecular weight is 537 g/mol. The minimum atomic E-state index is -0.0398. The first kappa shape index (κ1) is 26.6. The van der Waals surface area contributed by atoms with Gasteiger partial charge in [-0.2, -0.15) is 0 Å². The number of hydrogen-bond acceptors (Lipinski definition) is 8. The van der Waals surface area contributed by atoms with Crippen molar-refractivity contribution in [2.45, 2.75) is 0 Å². The van der Waals surface area contributed by atoms with Gasteiger partial charge in [0.25, 0.3) is 5.91 Å². The van der Waals surface area contributed by atoms with Crippen molar-refractivity contribution in [3.63, 3.8) is 0 Å². The number of piperazine rings is 1. The topological polar surface area (TPSA) is 107 Å². The third-order valence-corrected chi connectivity index (χ3v) is 6.88. The zero-order valence-corrected chi connectivity index (χ0v) is 22.6. The van der Waals surface area contributed by atoms with Gasteiger partial charge in [0.15, 0.2) is 0 Å². The zero-order valence-electron chi connectivity index (χ0n) is 22.6.